The average molecular weight is 529 g/mol. The Balaban J connectivity index is 1.68. The molecule has 0 bridgehead atoms. The zero-order valence-electron chi connectivity index (χ0n) is 22.6. The minimum atomic E-state index is 0.669. The van der Waals surface area contributed by atoms with E-state index in [0.29, 0.717) is 5.95 Å². The van der Waals surface area contributed by atoms with Crippen molar-refractivity contribution < 1.29 is 4.42 Å². The van der Waals surface area contributed by atoms with E-state index in [4.69, 9.17) is 14.4 Å². The second-order valence-corrected chi connectivity index (χ2v) is 10.7. The van der Waals surface area contributed by atoms with Crippen LogP contribution in [-0.4, -0.2) is 19.1 Å². The third-order valence-electron chi connectivity index (χ3n) is 8.23. The smallest absolute Gasteiger partial charge is 0.235 e. The molecule has 0 radical (unpaired) electrons. The molecule has 0 aliphatic rings. The lowest BCUT2D eigenvalue weighted by Gasteiger charge is -2.11. The number of rotatable bonds is 2. The highest BCUT2D eigenvalue weighted by Crippen LogP contribution is 2.49. The Kier molecular flexibility index (Phi) is 4.40. The number of benzene rings is 5. The number of para-hydroxylation sites is 4. The molecule has 9 rings (SSSR count). The molecule has 0 saturated carbocycles. The van der Waals surface area contributed by atoms with E-state index in [-0.39, 0.29) is 0 Å². The van der Waals surface area contributed by atoms with Gasteiger partial charge in [0.25, 0.3) is 0 Å². The van der Waals surface area contributed by atoms with Crippen molar-refractivity contribution in [2.75, 3.05) is 0 Å². The maximum absolute atomic E-state index is 6.80. The topological polar surface area (TPSA) is 48.8 Å². The number of furan rings is 1. The van der Waals surface area contributed by atoms with Gasteiger partial charge in [0.15, 0.2) is 0 Å². The first-order valence-electron chi connectivity index (χ1n) is 13.9. The zero-order chi connectivity index (χ0) is 27.2. The fourth-order valence-electron chi connectivity index (χ4n) is 6.74. The maximum atomic E-state index is 6.80. The van der Waals surface area contributed by atoms with Gasteiger partial charge in [-0.2, -0.15) is 0 Å². The third-order valence-corrected chi connectivity index (χ3v) is 8.23. The van der Waals surface area contributed by atoms with Gasteiger partial charge in [-0.15, -0.1) is 0 Å². The Bertz CT molecular complexity index is 2480. The van der Waals surface area contributed by atoms with Crippen molar-refractivity contribution in [1.29, 1.82) is 0 Å². The van der Waals surface area contributed by atoms with Crippen LogP contribution in [0.1, 0.15) is 11.4 Å². The monoisotopic (exact) mass is 528 g/mol. The number of fused-ring (bicyclic) bond motifs is 12. The molecule has 4 heterocycles. The highest BCUT2D eigenvalue weighted by molar-refractivity contribution is 6.39. The molecule has 41 heavy (non-hydrogen) atoms. The van der Waals surface area contributed by atoms with Crippen LogP contribution in [0.15, 0.2) is 114 Å². The lowest BCUT2D eigenvalue weighted by Crippen LogP contribution is -2.04. The van der Waals surface area contributed by atoms with Crippen LogP contribution in [0.5, 0.6) is 0 Å². The van der Waals surface area contributed by atoms with Gasteiger partial charge in [0.05, 0.1) is 32.8 Å². The molecule has 0 unspecified atom stereocenters. The van der Waals surface area contributed by atoms with Crippen molar-refractivity contribution >= 4 is 65.6 Å². The van der Waals surface area contributed by atoms with Crippen LogP contribution in [0.25, 0.3) is 77.2 Å². The summed E-state index contributed by atoms with van der Waals surface area (Å²) in [5, 5.41) is 6.77. The molecule has 5 aromatic carbocycles. The molecule has 0 aliphatic heterocycles. The predicted molar refractivity (Wildman–Crippen MR) is 167 cm³/mol. The molecule has 0 aliphatic carbocycles. The summed E-state index contributed by atoms with van der Waals surface area (Å²) in [5.41, 5.74) is 9.12. The van der Waals surface area contributed by atoms with Crippen LogP contribution in [-0.2, 0) is 0 Å². The van der Waals surface area contributed by atoms with Crippen molar-refractivity contribution in [2.24, 2.45) is 0 Å². The highest BCUT2D eigenvalue weighted by atomic mass is 16.3. The molecule has 0 saturated heterocycles. The summed E-state index contributed by atoms with van der Waals surface area (Å²) in [6, 6.07) is 38.2. The Hall–Kier alpha value is -5.42. The Morgan fingerprint density at radius 2 is 1.07 bits per heavy atom. The molecule has 0 fully saturated rings. The molecule has 0 spiro atoms. The van der Waals surface area contributed by atoms with Crippen molar-refractivity contribution in [3.8, 4) is 11.6 Å². The van der Waals surface area contributed by atoms with Gasteiger partial charge in [-0.05, 0) is 50.2 Å². The lowest BCUT2D eigenvalue weighted by molar-refractivity contribution is 0.673. The Labute approximate surface area is 234 Å². The minimum absolute atomic E-state index is 0.669. The molecule has 5 heteroatoms. The van der Waals surface area contributed by atoms with Gasteiger partial charge < -0.3 is 8.98 Å². The normalized spacial score (nSPS) is 12.1. The lowest BCUT2D eigenvalue weighted by atomic mass is 10.0. The van der Waals surface area contributed by atoms with E-state index in [0.717, 1.165) is 82.6 Å². The SMILES string of the molecule is Cc1cc(C)nc(-n2c3ccccc3c3c4c(c5ccccc5n4-c4ccccc4)c4oc5ccccc5c4c32)n1. The molecule has 4 aromatic heterocycles. The van der Waals surface area contributed by atoms with Gasteiger partial charge in [-0.3, -0.25) is 4.57 Å². The Morgan fingerprint density at radius 3 is 1.80 bits per heavy atom. The van der Waals surface area contributed by atoms with Crippen molar-refractivity contribution in [1.82, 2.24) is 19.1 Å². The van der Waals surface area contributed by atoms with Gasteiger partial charge >= 0.3 is 0 Å². The van der Waals surface area contributed by atoms with E-state index < -0.39 is 0 Å². The van der Waals surface area contributed by atoms with Crippen LogP contribution in [0, 0.1) is 13.8 Å². The maximum Gasteiger partial charge on any atom is 0.235 e. The number of hydrogen-bond acceptors (Lipinski definition) is 3. The first kappa shape index (κ1) is 22.4. The third kappa shape index (κ3) is 2.95. The zero-order valence-corrected chi connectivity index (χ0v) is 22.6. The van der Waals surface area contributed by atoms with Crippen LogP contribution in [0.3, 0.4) is 0 Å². The summed E-state index contributed by atoms with van der Waals surface area (Å²) in [5.74, 6) is 0.669. The minimum Gasteiger partial charge on any atom is -0.455 e. The summed E-state index contributed by atoms with van der Waals surface area (Å²) >= 11 is 0. The fourth-order valence-corrected chi connectivity index (χ4v) is 6.74. The second kappa shape index (κ2) is 8.05. The number of aromatic nitrogens is 4. The molecule has 9 aromatic rings. The standard InChI is InChI=1S/C36H24N4O/c1-21-20-22(2)38-36(37-21)40-28-18-10-6-14-24(28)30-33-31(35-32(34(30)40)26-16-8-11-19-29(26)41-35)25-15-7-9-17-27(25)39(33)23-12-4-3-5-13-23/h3-20H,1-2H3. The van der Waals surface area contributed by atoms with Crippen LogP contribution >= 0.6 is 0 Å². The van der Waals surface area contributed by atoms with Crippen molar-refractivity contribution in [3.05, 3.63) is 121 Å². The molecular weight excluding hydrogens is 504 g/mol. The quantitative estimate of drug-likeness (QED) is 0.225. The fraction of sp³-hybridized carbons (Fsp3) is 0.0556. The van der Waals surface area contributed by atoms with Gasteiger partial charge in [-0.1, -0.05) is 72.8 Å². The summed E-state index contributed by atoms with van der Waals surface area (Å²) in [6.07, 6.45) is 0. The predicted octanol–water partition coefficient (Wildman–Crippen LogP) is 9.19. The highest BCUT2D eigenvalue weighted by Gasteiger charge is 2.28. The largest absolute Gasteiger partial charge is 0.455 e. The van der Waals surface area contributed by atoms with Gasteiger partial charge in [0.2, 0.25) is 5.95 Å². The first-order valence-corrected chi connectivity index (χ1v) is 13.9. The molecule has 0 N–H and O–H groups in total. The van der Waals surface area contributed by atoms with E-state index in [1.54, 1.807) is 0 Å². The van der Waals surface area contributed by atoms with Gasteiger partial charge in [0, 0.05) is 38.6 Å². The first-order chi connectivity index (χ1) is 20.2. The van der Waals surface area contributed by atoms with E-state index in [1.807, 2.05) is 26.0 Å². The second-order valence-electron chi connectivity index (χ2n) is 10.7. The summed E-state index contributed by atoms with van der Waals surface area (Å²) < 4.78 is 11.4. The summed E-state index contributed by atoms with van der Waals surface area (Å²) in [7, 11) is 0. The molecule has 194 valence electrons. The number of aryl methyl sites for hydroxylation is 2. The molecule has 0 amide bonds. The Morgan fingerprint density at radius 1 is 0.537 bits per heavy atom. The van der Waals surface area contributed by atoms with Crippen molar-refractivity contribution in [3.63, 3.8) is 0 Å². The number of nitrogens with zero attached hydrogens (tertiary/aromatic N) is 4. The van der Waals surface area contributed by atoms with Crippen LogP contribution in [0.4, 0.5) is 0 Å². The van der Waals surface area contributed by atoms with E-state index in [2.05, 4.69) is 106 Å². The van der Waals surface area contributed by atoms with Gasteiger partial charge in [0.1, 0.15) is 11.2 Å². The summed E-state index contributed by atoms with van der Waals surface area (Å²) in [4.78, 5) is 9.93. The molecule has 0 atom stereocenters. The molecular formula is C36H24N4O. The van der Waals surface area contributed by atoms with Crippen LogP contribution in [0.2, 0.25) is 0 Å². The van der Waals surface area contributed by atoms with Gasteiger partial charge in [-0.25, -0.2) is 9.97 Å². The molecule has 5 nitrogen and oxygen atoms in total. The van der Waals surface area contributed by atoms with E-state index in [9.17, 15) is 0 Å². The average Bonchev–Trinajstić information content (AvgIpc) is 3.65. The number of hydrogen-bond donors (Lipinski definition) is 0. The van der Waals surface area contributed by atoms with E-state index >= 15 is 0 Å². The van der Waals surface area contributed by atoms with Crippen molar-refractivity contribution in [2.45, 2.75) is 13.8 Å². The summed E-state index contributed by atoms with van der Waals surface area (Å²) in [6.45, 7) is 4.06. The van der Waals surface area contributed by atoms with Crippen LogP contribution < -0.4 is 0 Å². The van der Waals surface area contributed by atoms with E-state index in [1.165, 1.54) is 0 Å².